The molecule has 1 aliphatic heterocycles. The Labute approximate surface area is 73.0 Å². The second-order valence-corrected chi connectivity index (χ2v) is 6.86. The highest BCUT2D eigenvalue weighted by atomic mass is 28.2. The summed E-state index contributed by atoms with van der Waals surface area (Å²) in [6, 6.07) is 1.57. The van der Waals surface area contributed by atoms with Crippen molar-refractivity contribution in [2.75, 3.05) is 13.6 Å². The Morgan fingerprint density at radius 3 is 2.73 bits per heavy atom. The molecule has 0 aromatic heterocycles. The van der Waals surface area contributed by atoms with E-state index in [-0.39, 0.29) is 9.52 Å². The van der Waals surface area contributed by atoms with Crippen LogP contribution in [-0.2, 0) is 0 Å². The predicted octanol–water partition coefficient (Wildman–Crippen LogP) is 1.43. The normalized spacial score (nSPS) is 33.8. The van der Waals surface area contributed by atoms with Crippen LogP contribution in [0.5, 0.6) is 0 Å². The molecule has 0 spiro atoms. The van der Waals surface area contributed by atoms with Crippen molar-refractivity contribution in [3.8, 4) is 0 Å². The van der Waals surface area contributed by atoms with Gasteiger partial charge in [-0.3, -0.25) is 0 Å². The summed E-state index contributed by atoms with van der Waals surface area (Å²) in [6.07, 6.45) is 4.27. The summed E-state index contributed by atoms with van der Waals surface area (Å²) in [4.78, 5) is 2.60. The fourth-order valence-corrected chi connectivity index (χ4v) is 4.43. The lowest BCUT2D eigenvalue weighted by Crippen LogP contribution is -2.45. The van der Waals surface area contributed by atoms with Crippen LogP contribution in [0.15, 0.2) is 0 Å². The Kier molecular flexibility index (Phi) is 3.13. The lowest BCUT2D eigenvalue weighted by molar-refractivity contribution is 0.213. The minimum atomic E-state index is 0.219. The van der Waals surface area contributed by atoms with Gasteiger partial charge >= 0.3 is 0 Å². The van der Waals surface area contributed by atoms with Gasteiger partial charge in [0, 0.05) is 14.7 Å². The predicted molar refractivity (Wildman–Crippen MR) is 53.9 cm³/mol. The summed E-state index contributed by atoms with van der Waals surface area (Å²) in [5.74, 6) is 0. The maximum absolute atomic E-state index is 2.60. The van der Waals surface area contributed by atoms with Crippen molar-refractivity contribution in [3.05, 3.63) is 0 Å². The smallest absolute Gasteiger partial charge is 0.0443 e. The Balaban J connectivity index is 2.42. The summed E-state index contributed by atoms with van der Waals surface area (Å²) in [6.45, 7) is 6.04. The van der Waals surface area contributed by atoms with Crippen molar-refractivity contribution >= 4 is 9.52 Å². The number of nitrogens with zero attached hydrogens (tertiary/aromatic N) is 1. The zero-order valence-electron chi connectivity index (χ0n) is 8.19. The van der Waals surface area contributed by atoms with E-state index in [9.17, 15) is 0 Å². The van der Waals surface area contributed by atoms with Crippen molar-refractivity contribution in [2.45, 2.75) is 44.3 Å². The van der Waals surface area contributed by atoms with Crippen LogP contribution >= 0.6 is 0 Å². The lowest BCUT2D eigenvalue weighted by Gasteiger charge is -2.35. The SMILES string of the molecule is CCCN(C)C1(C)CCC[SiH2]1. The summed E-state index contributed by atoms with van der Waals surface area (Å²) in [5.41, 5.74) is 0. The third-order valence-electron chi connectivity index (χ3n) is 3.16. The van der Waals surface area contributed by atoms with E-state index in [2.05, 4.69) is 25.8 Å². The van der Waals surface area contributed by atoms with Gasteiger partial charge in [0.25, 0.3) is 0 Å². The van der Waals surface area contributed by atoms with Crippen LogP contribution in [-0.4, -0.2) is 33.2 Å². The van der Waals surface area contributed by atoms with Crippen LogP contribution in [0, 0.1) is 0 Å². The highest BCUT2D eigenvalue weighted by Gasteiger charge is 2.32. The fraction of sp³-hybridized carbons (Fsp3) is 1.00. The molecule has 0 radical (unpaired) electrons. The Morgan fingerprint density at radius 2 is 2.27 bits per heavy atom. The van der Waals surface area contributed by atoms with Gasteiger partial charge in [-0.05, 0) is 26.4 Å². The third-order valence-corrected chi connectivity index (χ3v) is 5.99. The second-order valence-electron chi connectivity index (χ2n) is 4.13. The molecule has 66 valence electrons. The van der Waals surface area contributed by atoms with Gasteiger partial charge in [0.2, 0.25) is 0 Å². The number of rotatable bonds is 3. The summed E-state index contributed by atoms with van der Waals surface area (Å²) < 4.78 is 0. The maximum Gasteiger partial charge on any atom is 0.0443 e. The minimum absolute atomic E-state index is 0.219. The second kappa shape index (κ2) is 3.72. The largest absolute Gasteiger partial charge is 0.304 e. The van der Waals surface area contributed by atoms with E-state index >= 15 is 0 Å². The van der Waals surface area contributed by atoms with Gasteiger partial charge in [-0.15, -0.1) is 0 Å². The molecule has 1 nitrogen and oxygen atoms in total. The van der Waals surface area contributed by atoms with Crippen LogP contribution < -0.4 is 0 Å². The average Bonchev–Trinajstić information content (AvgIpc) is 2.38. The van der Waals surface area contributed by atoms with Crippen LogP contribution in [0.25, 0.3) is 0 Å². The molecule has 1 saturated heterocycles. The summed E-state index contributed by atoms with van der Waals surface area (Å²) >= 11 is 0. The minimum Gasteiger partial charge on any atom is -0.304 e. The van der Waals surface area contributed by atoms with Crippen molar-refractivity contribution in [1.82, 2.24) is 4.90 Å². The first-order chi connectivity index (χ1) is 5.19. The van der Waals surface area contributed by atoms with E-state index in [1.165, 1.54) is 25.8 Å². The van der Waals surface area contributed by atoms with Gasteiger partial charge in [0.15, 0.2) is 0 Å². The van der Waals surface area contributed by atoms with Crippen LogP contribution in [0.4, 0.5) is 0 Å². The molecule has 0 aromatic rings. The van der Waals surface area contributed by atoms with Crippen molar-refractivity contribution in [1.29, 1.82) is 0 Å². The van der Waals surface area contributed by atoms with Gasteiger partial charge < -0.3 is 4.90 Å². The van der Waals surface area contributed by atoms with Gasteiger partial charge in [-0.25, -0.2) is 0 Å². The molecule has 11 heavy (non-hydrogen) atoms. The first-order valence-electron chi connectivity index (χ1n) is 4.90. The van der Waals surface area contributed by atoms with E-state index in [1.54, 1.807) is 6.04 Å². The molecule has 0 N–H and O–H groups in total. The van der Waals surface area contributed by atoms with E-state index in [0.29, 0.717) is 5.16 Å². The molecule has 0 bridgehead atoms. The molecule has 1 aliphatic rings. The van der Waals surface area contributed by atoms with Crippen molar-refractivity contribution < 1.29 is 0 Å². The molecule has 1 fully saturated rings. The number of hydrogen-bond acceptors (Lipinski definition) is 1. The quantitative estimate of drug-likeness (QED) is 0.581. The van der Waals surface area contributed by atoms with Gasteiger partial charge in [0.1, 0.15) is 0 Å². The molecule has 0 saturated carbocycles. The van der Waals surface area contributed by atoms with Crippen LogP contribution in [0.2, 0.25) is 6.04 Å². The Bertz CT molecular complexity index is 119. The molecular formula is C9H21NSi. The maximum atomic E-state index is 2.60. The van der Waals surface area contributed by atoms with Gasteiger partial charge in [0.05, 0.1) is 0 Å². The molecule has 1 unspecified atom stereocenters. The molecule has 0 aliphatic carbocycles. The third kappa shape index (κ3) is 2.06. The van der Waals surface area contributed by atoms with Crippen LogP contribution in [0.3, 0.4) is 0 Å². The lowest BCUT2D eigenvalue weighted by atomic mass is 10.1. The van der Waals surface area contributed by atoms with E-state index in [0.717, 1.165) is 0 Å². The molecule has 1 rings (SSSR count). The monoisotopic (exact) mass is 171 g/mol. The van der Waals surface area contributed by atoms with Crippen molar-refractivity contribution in [3.63, 3.8) is 0 Å². The summed E-state index contributed by atoms with van der Waals surface area (Å²) in [7, 11) is 2.53. The molecule has 1 atom stereocenters. The number of hydrogen-bond donors (Lipinski definition) is 0. The Hall–Kier alpha value is 0.177. The standard InChI is InChI=1S/C9H21NSi/c1-4-7-10(3)9(2)6-5-8-11-9/h4-8,11H2,1-3H3. The zero-order chi connectivity index (χ0) is 8.32. The highest BCUT2D eigenvalue weighted by Crippen LogP contribution is 2.27. The fourth-order valence-electron chi connectivity index (χ4n) is 2.12. The topological polar surface area (TPSA) is 3.24 Å². The van der Waals surface area contributed by atoms with E-state index in [4.69, 9.17) is 0 Å². The zero-order valence-corrected chi connectivity index (χ0v) is 9.60. The van der Waals surface area contributed by atoms with E-state index in [1.807, 2.05) is 0 Å². The molecule has 0 aromatic carbocycles. The molecule has 1 heterocycles. The first kappa shape index (κ1) is 9.27. The van der Waals surface area contributed by atoms with Crippen molar-refractivity contribution in [2.24, 2.45) is 0 Å². The van der Waals surface area contributed by atoms with Crippen LogP contribution in [0.1, 0.15) is 33.1 Å². The molecule has 0 amide bonds. The summed E-state index contributed by atoms with van der Waals surface area (Å²) in [5, 5.41) is 0.677. The van der Waals surface area contributed by atoms with Gasteiger partial charge in [-0.2, -0.15) is 0 Å². The highest BCUT2D eigenvalue weighted by molar-refractivity contribution is 6.41. The van der Waals surface area contributed by atoms with E-state index < -0.39 is 0 Å². The molecule has 2 heteroatoms. The first-order valence-corrected chi connectivity index (χ1v) is 6.61. The molecular weight excluding hydrogens is 150 g/mol. The Morgan fingerprint density at radius 1 is 1.55 bits per heavy atom. The average molecular weight is 171 g/mol. The van der Waals surface area contributed by atoms with Gasteiger partial charge in [-0.1, -0.05) is 26.3 Å².